The van der Waals surface area contributed by atoms with Crippen molar-refractivity contribution in [2.75, 3.05) is 13.6 Å². The van der Waals surface area contributed by atoms with Gasteiger partial charge in [0.15, 0.2) is 5.58 Å². The minimum Gasteiger partial charge on any atom is -0.481 e. The summed E-state index contributed by atoms with van der Waals surface area (Å²) in [6.07, 6.45) is 1.42. The van der Waals surface area contributed by atoms with E-state index in [1.807, 2.05) is 0 Å². The van der Waals surface area contributed by atoms with Crippen LogP contribution in [-0.2, 0) is 14.8 Å². The SMILES string of the molecule is CC(CN(C)S(=O)(=O)c1cccc2ccoc12)C(=O)O. The van der Waals surface area contributed by atoms with Crippen LogP contribution < -0.4 is 0 Å². The number of fused-ring (bicyclic) bond motifs is 1. The van der Waals surface area contributed by atoms with Crippen molar-refractivity contribution >= 4 is 27.0 Å². The Kier molecular flexibility index (Phi) is 3.82. The number of nitrogens with zero attached hydrogens (tertiary/aromatic N) is 1. The molecule has 1 aromatic carbocycles. The summed E-state index contributed by atoms with van der Waals surface area (Å²) >= 11 is 0. The predicted octanol–water partition coefficient (Wildman–Crippen LogP) is 1.77. The van der Waals surface area contributed by atoms with Crippen molar-refractivity contribution in [1.29, 1.82) is 0 Å². The normalized spacial score (nSPS) is 13.8. The summed E-state index contributed by atoms with van der Waals surface area (Å²) in [7, 11) is -2.43. The standard InChI is InChI=1S/C13H15NO5S/c1-9(13(15)16)8-14(2)20(17,18)11-5-3-4-10-6-7-19-12(10)11/h3-7,9H,8H2,1-2H3,(H,15,16). The number of rotatable bonds is 5. The van der Waals surface area contributed by atoms with Crippen molar-refractivity contribution in [3.63, 3.8) is 0 Å². The Bertz CT molecular complexity index is 734. The molecule has 7 heteroatoms. The molecule has 2 aromatic rings. The Morgan fingerprint density at radius 3 is 2.75 bits per heavy atom. The summed E-state index contributed by atoms with van der Waals surface area (Å²) in [5.74, 6) is -1.83. The van der Waals surface area contributed by atoms with Crippen molar-refractivity contribution in [3.05, 3.63) is 30.5 Å². The van der Waals surface area contributed by atoms with Crippen LogP contribution in [0.5, 0.6) is 0 Å². The number of furan rings is 1. The molecule has 0 spiro atoms. The van der Waals surface area contributed by atoms with E-state index in [4.69, 9.17) is 9.52 Å². The van der Waals surface area contributed by atoms with E-state index in [0.717, 1.165) is 4.31 Å². The third-order valence-electron chi connectivity index (χ3n) is 3.08. The molecule has 108 valence electrons. The molecule has 0 bridgehead atoms. The van der Waals surface area contributed by atoms with E-state index in [-0.39, 0.29) is 17.0 Å². The number of carbonyl (C=O) groups is 1. The van der Waals surface area contributed by atoms with Crippen LogP contribution in [0.2, 0.25) is 0 Å². The van der Waals surface area contributed by atoms with E-state index >= 15 is 0 Å². The maximum Gasteiger partial charge on any atom is 0.307 e. The maximum atomic E-state index is 12.5. The van der Waals surface area contributed by atoms with E-state index in [1.54, 1.807) is 18.2 Å². The van der Waals surface area contributed by atoms with E-state index in [1.165, 1.54) is 26.3 Å². The molecule has 0 saturated heterocycles. The zero-order valence-corrected chi connectivity index (χ0v) is 11.9. The zero-order chi connectivity index (χ0) is 14.9. The van der Waals surface area contributed by atoms with E-state index < -0.39 is 21.9 Å². The number of para-hydroxylation sites is 1. The molecule has 1 unspecified atom stereocenters. The van der Waals surface area contributed by atoms with Gasteiger partial charge in [-0.15, -0.1) is 0 Å². The summed E-state index contributed by atoms with van der Waals surface area (Å²) in [5.41, 5.74) is 0.280. The molecule has 1 atom stereocenters. The molecule has 0 aliphatic carbocycles. The van der Waals surface area contributed by atoms with Gasteiger partial charge in [-0.05, 0) is 12.1 Å². The van der Waals surface area contributed by atoms with Gasteiger partial charge in [0.2, 0.25) is 10.0 Å². The molecule has 1 aromatic heterocycles. The minimum absolute atomic E-state index is 0.0417. The summed E-state index contributed by atoms with van der Waals surface area (Å²) in [4.78, 5) is 10.9. The molecule has 1 heterocycles. The van der Waals surface area contributed by atoms with Gasteiger partial charge in [-0.2, -0.15) is 4.31 Å². The van der Waals surface area contributed by atoms with Crippen LogP contribution in [0.1, 0.15) is 6.92 Å². The first kappa shape index (κ1) is 14.5. The predicted molar refractivity (Wildman–Crippen MR) is 72.8 cm³/mol. The van der Waals surface area contributed by atoms with Crippen molar-refractivity contribution in [3.8, 4) is 0 Å². The average molecular weight is 297 g/mol. The van der Waals surface area contributed by atoms with Crippen molar-refractivity contribution < 1.29 is 22.7 Å². The Morgan fingerprint density at radius 1 is 1.40 bits per heavy atom. The monoisotopic (exact) mass is 297 g/mol. The first-order valence-electron chi connectivity index (χ1n) is 5.99. The van der Waals surface area contributed by atoms with E-state index in [0.29, 0.717) is 5.39 Å². The fraction of sp³-hybridized carbons (Fsp3) is 0.308. The first-order chi connectivity index (χ1) is 9.34. The van der Waals surface area contributed by atoms with Crippen LogP contribution in [0.15, 0.2) is 39.8 Å². The van der Waals surface area contributed by atoms with Crippen LogP contribution in [0.3, 0.4) is 0 Å². The second-order valence-corrected chi connectivity index (χ2v) is 6.63. The molecule has 0 fully saturated rings. The molecular weight excluding hydrogens is 282 g/mol. The minimum atomic E-state index is -3.79. The Labute approximate surface area is 116 Å². The molecule has 0 amide bonds. The first-order valence-corrected chi connectivity index (χ1v) is 7.43. The highest BCUT2D eigenvalue weighted by Crippen LogP contribution is 2.26. The molecule has 6 nitrogen and oxygen atoms in total. The molecule has 0 radical (unpaired) electrons. The van der Waals surface area contributed by atoms with Gasteiger partial charge in [-0.25, -0.2) is 8.42 Å². The van der Waals surface area contributed by atoms with Crippen molar-refractivity contribution in [2.45, 2.75) is 11.8 Å². The largest absolute Gasteiger partial charge is 0.481 e. The van der Waals surface area contributed by atoms with Gasteiger partial charge < -0.3 is 9.52 Å². The summed E-state index contributed by atoms with van der Waals surface area (Å²) in [6, 6.07) is 6.49. The molecule has 20 heavy (non-hydrogen) atoms. The fourth-order valence-electron chi connectivity index (χ4n) is 1.90. The zero-order valence-electron chi connectivity index (χ0n) is 11.1. The van der Waals surface area contributed by atoms with Gasteiger partial charge in [0.1, 0.15) is 4.90 Å². The van der Waals surface area contributed by atoms with Crippen LogP contribution in [-0.4, -0.2) is 37.4 Å². The number of carboxylic acids is 1. The van der Waals surface area contributed by atoms with Gasteiger partial charge in [0.25, 0.3) is 0 Å². The molecule has 0 saturated carbocycles. The van der Waals surface area contributed by atoms with Gasteiger partial charge in [-0.1, -0.05) is 19.1 Å². The highest BCUT2D eigenvalue weighted by molar-refractivity contribution is 7.89. The molecule has 1 N–H and O–H groups in total. The second-order valence-electron chi connectivity index (χ2n) is 4.62. The van der Waals surface area contributed by atoms with Gasteiger partial charge >= 0.3 is 5.97 Å². The number of benzene rings is 1. The molecule has 0 aliphatic heterocycles. The quantitative estimate of drug-likeness (QED) is 0.908. The third-order valence-corrected chi connectivity index (χ3v) is 4.93. The lowest BCUT2D eigenvalue weighted by atomic mass is 10.2. The maximum absolute atomic E-state index is 12.5. The molecule has 2 rings (SSSR count). The van der Waals surface area contributed by atoms with Crippen LogP contribution in [0, 0.1) is 5.92 Å². The number of hydrogen-bond acceptors (Lipinski definition) is 4. The Morgan fingerprint density at radius 2 is 2.10 bits per heavy atom. The number of sulfonamides is 1. The highest BCUT2D eigenvalue weighted by atomic mass is 32.2. The molecule has 0 aliphatic rings. The van der Waals surface area contributed by atoms with Gasteiger partial charge in [0.05, 0.1) is 12.2 Å². The third kappa shape index (κ3) is 2.54. The van der Waals surface area contributed by atoms with Crippen LogP contribution >= 0.6 is 0 Å². The lowest BCUT2D eigenvalue weighted by molar-refractivity contribution is -0.141. The topological polar surface area (TPSA) is 87.8 Å². The lowest BCUT2D eigenvalue weighted by Gasteiger charge is -2.19. The van der Waals surface area contributed by atoms with Gasteiger partial charge in [0, 0.05) is 19.0 Å². The number of aliphatic carboxylic acids is 1. The second kappa shape index (κ2) is 5.26. The Hall–Kier alpha value is -1.86. The lowest BCUT2D eigenvalue weighted by Crippen LogP contribution is -2.33. The smallest absolute Gasteiger partial charge is 0.307 e. The molecular formula is C13H15NO5S. The average Bonchev–Trinajstić information content (AvgIpc) is 2.85. The fourth-order valence-corrected chi connectivity index (χ4v) is 3.30. The number of carboxylic acid groups (broad SMARTS) is 1. The summed E-state index contributed by atoms with van der Waals surface area (Å²) in [6.45, 7) is 1.36. The van der Waals surface area contributed by atoms with E-state index in [9.17, 15) is 13.2 Å². The van der Waals surface area contributed by atoms with Crippen molar-refractivity contribution in [1.82, 2.24) is 4.31 Å². The Balaban J connectivity index is 2.39. The summed E-state index contributed by atoms with van der Waals surface area (Å²) < 4.78 is 31.2. The van der Waals surface area contributed by atoms with Crippen LogP contribution in [0.4, 0.5) is 0 Å². The van der Waals surface area contributed by atoms with Crippen LogP contribution in [0.25, 0.3) is 11.0 Å². The summed E-state index contributed by atoms with van der Waals surface area (Å²) in [5, 5.41) is 9.55. The number of hydrogen-bond donors (Lipinski definition) is 1. The van der Waals surface area contributed by atoms with E-state index in [2.05, 4.69) is 0 Å². The highest BCUT2D eigenvalue weighted by Gasteiger charge is 2.27. The van der Waals surface area contributed by atoms with Gasteiger partial charge in [-0.3, -0.25) is 4.79 Å². The van der Waals surface area contributed by atoms with Crippen molar-refractivity contribution in [2.24, 2.45) is 5.92 Å².